The van der Waals surface area contributed by atoms with Crippen molar-refractivity contribution in [1.82, 2.24) is 15.2 Å². The van der Waals surface area contributed by atoms with Crippen LogP contribution in [0.3, 0.4) is 0 Å². The van der Waals surface area contributed by atoms with E-state index in [9.17, 15) is 9.59 Å². The Kier molecular flexibility index (Phi) is 5.81. The van der Waals surface area contributed by atoms with Crippen molar-refractivity contribution in [2.45, 2.75) is 20.4 Å². The molecule has 0 saturated heterocycles. The number of nitrogens with zero attached hydrogens (tertiary/aromatic N) is 1. The maximum atomic E-state index is 12.5. The number of nitrogens with one attached hydrogen (secondary N) is 2. The van der Waals surface area contributed by atoms with Crippen LogP contribution in [0.2, 0.25) is 0 Å². The normalized spacial score (nSPS) is 10.6. The van der Waals surface area contributed by atoms with E-state index in [1.165, 1.54) is 0 Å². The average Bonchev–Trinajstić information content (AvgIpc) is 3.27. The minimum absolute atomic E-state index is 0.0957. The van der Waals surface area contributed by atoms with E-state index in [0.717, 1.165) is 21.5 Å². The van der Waals surface area contributed by atoms with Crippen LogP contribution in [0, 0.1) is 13.8 Å². The van der Waals surface area contributed by atoms with Gasteiger partial charge in [0.15, 0.2) is 0 Å². The number of carbonyl (C=O) groups excluding carboxylic acids is 2. The first-order valence-corrected chi connectivity index (χ1v) is 9.27. The van der Waals surface area contributed by atoms with Crippen LogP contribution in [-0.2, 0) is 11.3 Å². The highest BCUT2D eigenvalue weighted by molar-refractivity contribution is 9.10. The smallest absolute Gasteiger partial charge is 0.253 e. The summed E-state index contributed by atoms with van der Waals surface area (Å²) in [6.45, 7) is 4.03. The van der Waals surface area contributed by atoms with Crippen molar-refractivity contribution in [2.24, 2.45) is 0 Å². The summed E-state index contributed by atoms with van der Waals surface area (Å²) in [5.74, 6) is 0.105. The molecule has 0 aliphatic carbocycles. The summed E-state index contributed by atoms with van der Waals surface area (Å²) in [5, 5.41) is 5.37. The molecule has 3 aromatic rings. The van der Waals surface area contributed by atoms with Crippen LogP contribution in [0.15, 0.2) is 57.6 Å². The molecule has 7 heteroatoms. The highest BCUT2D eigenvalue weighted by atomic mass is 79.9. The summed E-state index contributed by atoms with van der Waals surface area (Å²) < 4.78 is 8.16. The Morgan fingerprint density at radius 2 is 1.85 bits per heavy atom. The van der Waals surface area contributed by atoms with Gasteiger partial charge in [0.2, 0.25) is 5.91 Å². The summed E-state index contributed by atoms with van der Waals surface area (Å²) in [4.78, 5) is 24.4. The second-order valence-electron chi connectivity index (χ2n) is 6.14. The summed E-state index contributed by atoms with van der Waals surface area (Å²) >= 11 is 3.43. The Balaban J connectivity index is 1.64. The second-order valence-corrected chi connectivity index (χ2v) is 7.05. The quantitative estimate of drug-likeness (QED) is 0.629. The first kappa shape index (κ1) is 19.0. The van der Waals surface area contributed by atoms with E-state index in [-0.39, 0.29) is 18.4 Å². The largest absolute Gasteiger partial charge is 0.467 e. The lowest BCUT2D eigenvalue weighted by Crippen LogP contribution is -2.36. The predicted molar refractivity (Wildman–Crippen MR) is 106 cm³/mol. The zero-order chi connectivity index (χ0) is 19.4. The molecule has 2 amide bonds. The Morgan fingerprint density at radius 1 is 1.11 bits per heavy atom. The van der Waals surface area contributed by atoms with Crippen LogP contribution in [0.25, 0.3) is 5.69 Å². The molecule has 0 aliphatic rings. The van der Waals surface area contributed by atoms with E-state index in [0.29, 0.717) is 17.9 Å². The van der Waals surface area contributed by atoms with Crippen molar-refractivity contribution >= 4 is 27.7 Å². The molecule has 2 aromatic heterocycles. The fourth-order valence-corrected chi connectivity index (χ4v) is 3.16. The molecule has 0 saturated carbocycles. The number of amides is 2. The van der Waals surface area contributed by atoms with Gasteiger partial charge >= 0.3 is 0 Å². The zero-order valence-corrected chi connectivity index (χ0v) is 16.7. The summed E-state index contributed by atoms with van der Waals surface area (Å²) in [6, 6.07) is 13.2. The van der Waals surface area contributed by atoms with E-state index in [1.807, 2.05) is 48.7 Å². The number of hydrogen-bond donors (Lipinski definition) is 2. The topological polar surface area (TPSA) is 76.3 Å². The van der Waals surface area contributed by atoms with Gasteiger partial charge in [0.1, 0.15) is 5.76 Å². The number of rotatable bonds is 6. The lowest BCUT2D eigenvalue weighted by Gasteiger charge is -2.10. The third kappa shape index (κ3) is 4.49. The van der Waals surface area contributed by atoms with E-state index in [1.54, 1.807) is 18.4 Å². The van der Waals surface area contributed by atoms with Gasteiger partial charge in [-0.25, -0.2) is 0 Å². The highest BCUT2D eigenvalue weighted by Crippen LogP contribution is 2.22. The molecule has 0 bridgehead atoms. The van der Waals surface area contributed by atoms with Gasteiger partial charge in [-0.15, -0.1) is 0 Å². The minimum Gasteiger partial charge on any atom is -0.467 e. The Bertz CT molecular complexity index is 944. The van der Waals surface area contributed by atoms with E-state index in [2.05, 4.69) is 26.6 Å². The molecule has 2 heterocycles. The molecule has 6 nitrogen and oxygen atoms in total. The number of furan rings is 1. The fourth-order valence-electron chi connectivity index (χ4n) is 2.90. The molecular weight excluding hydrogens is 410 g/mol. The molecule has 27 heavy (non-hydrogen) atoms. The lowest BCUT2D eigenvalue weighted by atomic mass is 10.2. The van der Waals surface area contributed by atoms with Crippen molar-refractivity contribution in [2.75, 3.05) is 6.54 Å². The Hall–Kier alpha value is -2.80. The van der Waals surface area contributed by atoms with Crippen LogP contribution < -0.4 is 10.6 Å². The number of halogens is 1. The maximum Gasteiger partial charge on any atom is 0.253 e. The summed E-state index contributed by atoms with van der Waals surface area (Å²) in [6.07, 6.45) is 1.55. The van der Waals surface area contributed by atoms with Crippen molar-refractivity contribution in [3.63, 3.8) is 0 Å². The monoisotopic (exact) mass is 429 g/mol. The van der Waals surface area contributed by atoms with Crippen molar-refractivity contribution in [3.05, 3.63) is 75.9 Å². The lowest BCUT2D eigenvalue weighted by molar-refractivity contribution is -0.120. The van der Waals surface area contributed by atoms with E-state index >= 15 is 0 Å². The van der Waals surface area contributed by atoms with Gasteiger partial charge in [-0.1, -0.05) is 15.9 Å². The number of carbonyl (C=O) groups is 2. The second kappa shape index (κ2) is 8.26. The van der Waals surface area contributed by atoms with Crippen LogP contribution >= 0.6 is 15.9 Å². The zero-order valence-electron chi connectivity index (χ0n) is 15.1. The van der Waals surface area contributed by atoms with Gasteiger partial charge in [0.25, 0.3) is 5.91 Å². The molecule has 2 N–H and O–H groups in total. The predicted octanol–water partition coefficient (Wildman–Crippen LogP) is 3.50. The summed E-state index contributed by atoms with van der Waals surface area (Å²) in [5.41, 5.74) is 3.29. The van der Waals surface area contributed by atoms with Gasteiger partial charge in [0.05, 0.1) is 24.9 Å². The number of hydrogen-bond acceptors (Lipinski definition) is 3. The third-order valence-corrected chi connectivity index (χ3v) is 4.74. The van der Waals surface area contributed by atoms with Gasteiger partial charge in [-0.2, -0.15) is 0 Å². The van der Waals surface area contributed by atoms with Gasteiger partial charge in [-0.05, 0) is 56.3 Å². The van der Waals surface area contributed by atoms with Gasteiger partial charge in [0, 0.05) is 21.5 Å². The van der Waals surface area contributed by atoms with Crippen molar-refractivity contribution in [3.8, 4) is 5.69 Å². The molecule has 140 valence electrons. The molecule has 0 aliphatic heterocycles. The molecule has 3 rings (SSSR count). The van der Waals surface area contributed by atoms with Crippen LogP contribution in [0.1, 0.15) is 27.5 Å². The summed E-state index contributed by atoms with van der Waals surface area (Å²) in [7, 11) is 0. The highest BCUT2D eigenvalue weighted by Gasteiger charge is 2.17. The van der Waals surface area contributed by atoms with Gasteiger partial charge < -0.3 is 19.6 Å². The molecule has 0 radical (unpaired) electrons. The van der Waals surface area contributed by atoms with Crippen LogP contribution in [-0.4, -0.2) is 22.9 Å². The first-order chi connectivity index (χ1) is 13.0. The number of aryl methyl sites for hydroxylation is 1. The average molecular weight is 430 g/mol. The fraction of sp³-hybridized carbons (Fsp3) is 0.200. The first-order valence-electron chi connectivity index (χ1n) is 8.48. The molecule has 1 aromatic carbocycles. The van der Waals surface area contributed by atoms with E-state index in [4.69, 9.17) is 4.42 Å². The van der Waals surface area contributed by atoms with Crippen LogP contribution in [0.5, 0.6) is 0 Å². The van der Waals surface area contributed by atoms with E-state index < -0.39 is 0 Å². The minimum atomic E-state index is -0.278. The van der Waals surface area contributed by atoms with Gasteiger partial charge in [-0.3, -0.25) is 9.59 Å². The Morgan fingerprint density at radius 3 is 2.52 bits per heavy atom. The molecule has 0 atom stereocenters. The maximum absolute atomic E-state index is 12.5. The standard InChI is InChI=1S/C20H20BrN3O3/c1-13-10-18(14(2)24(13)16-7-5-15(21)6-8-16)20(26)23-12-19(25)22-11-17-4-3-9-27-17/h3-10H,11-12H2,1-2H3,(H,22,25)(H,23,26). The Labute approximate surface area is 165 Å². The SMILES string of the molecule is Cc1cc(C(=O)NCC(=O)NCc2ccco2)c(C)n1-c1ccc(Br)cc1. The third-order valence-electron chi connectivity index (χ3n) is 4.21. The molecular formula is C20H20BrN3O3. The molecule has 0 unspecified atom stereocenters. The van der Waals surface area contributed by atoms with Crippen molar-refractivity contribution < 1.29 is 14.0 Å². The molecule has 0 spiro atoms. The van der Waals surface area contributed by atoms with Crippen LogP contribution in [0.4, 0.5) is 0 Å². The number of benzene rings is 1. The van der Waals surface area contributed by atoms with Crippen molar-refractivity contribution in [1.29, 1.82) is 0 Å². The number of aromatic nitrogens is 1. The molecule has 0 fully saturated rings.